The molecule has 200 valence electrons. The van der Waals surface area contributed by atoms with E-state index in [0.717, 1.165) is 58.9 Å². The summed E-state index contributed by atoms with van der Waals surface area (Å²) in [6.45, 7) is 18.6. The first-order chi connectivity index (χ1) is 17.8. The number of anilines is 1. The van der Waals surface area contributed by atoms with Gasteiger partial charge in [0, 0.05) is 57.9 Å². The van der Waals surface area contributed by atoms with E-state index < -0.39 is 0 Å². The lowest BCUT2D eigenvalue weighted by Crippen LogP contribution is -2.48. The molecular weight excluding hydrogens is 488 g/mol. The lowest BCUT2D eigenvalue weighted by molar-refractivity contribution is 0.0947. The summed E-state index contributed by atoms with van der Waals surface area (Å²) < 4.78 is 0. The zero-order chi connectivity index (χ0) is 26.8. The van der Waals surface area contributed by atoms with Crippen molar-refractivity contribution in [2.75, 3.05) is 63.9 Å². The molecule has 1 N–H and O–H groups in total. The summed E-state index contributed by atoms with van der Waals surface area (Å²) in [6.07, 6.45) is 1.38. The van der Waals surface area contributed by atoms with E-state index in [9.17, 15) is 4.79 Å². The molecule has 37 heavy (non-hydrogen) atoms. The minimum absolute atomic E-state index is 0.00326. The number of amides is 1. The van der Waals surface area contributed by atoms with Gasteiger partial charge in [0.05, 0.1) is 6.20 Å². The molecule has 0 aliphatic carbocycles. The molecule has 0 bridgehead atoms. The number of halogens is 1. The van der Waals surface area contributed by atoms with Crippen LogP contribution < -0.4 is 10.4 Å². The summed E-state index contributed by atoms with van der Waals surface area (Å²) >= 11 is 6.29. The van der Waals surface area contributed by atoms with Crippen molar-refractivity contribution < 1.29 is 4.79 Å². The second kappa shape index (κ2) is 14.2. The predicted octanol–water partition coefficient (Wildman–Crippen LogP) is 3.27. The fourth-order valence-electron chi connectivity index (χ4n) is 4.35. The Morgan fingerprint density at radius 3 is 2.38 bits per heavy atom. The normalized spacial score (nSPS) is 14.6. The van der Waals surface area contributed by atoms with Crippen LogP contribution in [0.1, 0.15) is 49.4 Å². The molecule has 1 aliphatic rings. The van der Waals surface area contributed by atoms with Gasteiger partial charge in [0.1, 0.15) is 11.1 Å². The van der Waals surface area contributed by atoms with Crippen LogP contribution in [-0.2, 0) is 6.54 Å². The zero-order valence-electron chi connectivity index (χ0n) is 22.5. The minimum atomic E-state index is -0.262. The van der Waals surface area contributed by atoms with E-state index >= 15 is 0 Å². The van der Waals surface area contributed by atoms with Crippen LogP contribution in [0.4, 0.5) is 5.82 Å². The first-order valence-corrected chi connectivity index (χ1v) is 13.5. The summed E-state index contributed by atoms with van der Waals surface area (Å²) in [6, 6.07) is 9.64. The highest BCUT2D eigenvalue weighted by Gasteiger charge is 2.20. The van der Waals surface area contributed by atoms with Gasteiger partial charge in [-0.05, 0) is 36.7 Å². The number of nitrogens with one attached hydrogen (secondary N) is 1. The van der Waals surface area contributed by atoms with Crippen molar-refractivity contribution in [3.8, 4) is 6.07 Å². The van der Waals surface area contributed by atoms with Crippen LogP contribution in [0.3, 0.4) is 0 Å². The van der Waals surface area contributed by atoms with Gasteiger partial charge in [-0.25, -0.2) is 4.98 Å². The van der Waals surface area contributed by atoms with E-state index in [4.69, 9.17) is 16.9 Å². The summed E-state index contributed by atoms with van der Waals surface area (Å²) in [7, 11) is 0. The van der Waals surface area contributed by atoms with E-state index in [-0.39, 0.29) is 22.7 Å². The van der Waals surface area contributed by atoms with E-state index in [0.29, 0.717) is 17.9 Å². The van der Waals surface area contributed by atoms with Crippen LogP contribution in [0.2, 0.25) is 5.02 Å². The average molecular weight is 527 g/mol. The Kier molecular flexibility index (Phi) is 11.1. The number of hydrazine groups is 1. The molecule has 1 amide bonds. The summed E-state index contributed by atoms with van der Waals surface area (Å²) in [5.74, 6) is 0.263. The van der Waals surface area contributed by atoms with Crippen LogP contribution in [0, 0.1) is 17.2 Å². The van der Waals surface area contributed by atoms with Gasteiger partial charge in [0.15, 0.2) is 5.82 Å². The largest absolute Gasteiger partial charge is 0.303 e. The number of hydrogen-bond donors (Lipinski definition) is 1. The van der Waals surface area contributed by atoms with Crippen LogP contribution >= 0.6 is 11.6 Å². The maximum Gasteiger partial charge on any atom is 0.269 e. The molecule has 10 heteroatoms. The Balaban J connectivity index is 1.55. The molecule has 0 spiro atoms. The molecule has 0 unspecified atom stereocenters. The number of hydrogen-bond acceptors (Lipinski definition) is 8. The second-order valence-electron chi connectivity index (χ2n) is 9.76. The SMILES string of the molecule is CCN(CC)CCN1CCN(Cc2ccc(C(=O)NN(CC(C)C)c3nc(C#N)ncc3Cl)cc2)CC1. The lowest BCUT2D eigenvalue weighted by Gasteiger charge is -2.35. The summed E-state index contributed by atoms with van der Waals surface area (Å²) in [4.78, 5) is 28.6. The monoisotopic (exact) mass is 526 g/mol. The van der Waals surface area contributed by atoms with Crippen molar-refractivity contribution in [3.05, 3.63) is 52.4 Å². The third kappa shape index (κ3) is 8.64. The van der Waals surface area contributed by atoms with Crippen LogP contribution in [0.15, 0.2) is 30.5 Å². The van der Waals surface area contributed by atoms with Crippen LogP contribution in [0.5, 0.6) is 0 Å². The predicted molar refractivity (Wildman–Crippen MR) is 147 cm³/mol. The molecule has 0 radical (unpaired) electrons. The number of nitriles is 1. The van der Waals surface area contributed by atoms with Crippen molar-refractivity contribution >= 4 is 23.3 Å². The van der Waals surface area contributed by atoms with Crippen molar-refractivity contribution in [1.29, 1.82) is 5.26 Å². The molecule has 3 rings (SSSR count). The number of rotatable bonds is 12. The third-order valence-corrected chi connectivity index (χ3v) is 6.85. The summed E-state index contributed by atoms with van der Waals surface area (Å²) in [5.41, 5.74) is 4.63. The molecule has 1 fully saturated rings. The molecular formula is C27H39ClN8O. The number of aromatic nitrogens is 2. The van der Waals surface area contributed by atoms with Gasteiger partial charge < -0.3 is 4.90 Å². The highest BCUT2D eigenvalue weighted by Crippen LogP contribution is 2.22. The number of carbonyl (C=O) groups is 1. The fraction of sp³-hybridized carbons (Fsp3) is 0.556. The van der Waals surface area contributed by atoms with E-state index in [1.807, 2.05) is 44.2 Å². The number of nitrogens with zero attached hydrogens (tertiary/aromatic N) is 7. The molecule has 1 aromatic heterocycles. The molecule has 1 aliphatic heterocycles. The van der Waals surface area contributed by atoms with Crippen LogP contribution in [0.25, 0.3) is 0 Å². The Morgan fingerprint density at radius 2 is 1.78 bits per heavy atom. The van der Waals surface area contributed by atoms with Gasteiger partial charge in [-0.2, -0.15) is 10.2 Å². The van der Waals surface area contributed by atoms with Gasteiger partial charge in [-0.3, -0.25) is 25.0 Å². The summed E-state index contributed by atoms with van der Waals surface area (Å²) in [5, 5.41) is 11.0. The smallest absolute Gasteiger partial charge is 0.269 e. The van der Waals surface area contributed by atoms with Gasteiger partial charge >= 0.3 is 0 Å². The van der Waals surface area contributed by atoms with E-state index in [1.54, 1.807) is 5.01 Å². The van der Waals surface area contributed by atoms with Crippen molar-refractivity contribution in [1.82, 2.24) is 30.1 Å². The van der Waals surface area contributed by atoms with Gasteiger partial charge in [-0.1, -0.05) is 51.4 Å². The van der Waals surface area contributed by atoms with E-state index in [2.05, 4.69) is 43.9 Å². The quantitative estimate of drug-likeness (QED) is 0.421. The van der Waals surface area contributed by atoms with Gasteiger partial charge in [-0.15, -0.1) is 0 Å². The molecule has 0 saturated carbocycles. The molecule has 2 aromatic rings. The number of benzene rings is 1. The minimum Gasteiger partial charge on any atom is -0.303 e. The van der Waals surface area contributed by atoms with Gasteiger partial charge in [0.2, 0.25) is 5.82 Å². The van der Waals surface area contributed by atoms with Crippen LogP contribution in [-0.4, -0.2) is 89.5 Å². The van der Waals surface area contributed by atoms with Crippen molar-refractivity contribution in [2.45, 2.75) is 34.2 Å². The maximum atomic E-state index is 13.0. The average Bonchev–Trinajstić information content (AvgIpc) is 2.90. The highest BCUT2D eigenvalue weighted by atomic mass is 35.5. The molecule has 2 heterocycles. The number of carbonyl (C=O) groups excluding carboxylic acids is 1. The fourth-order valence-corrected chi connectivity index (χ4v) is 4.55. The maximum absolute atomic E-state index is 13.0. The van der Waals surface area contributed by atoms with Gasteiger partial charge in [0.25, 0.3) is 5.91 Å². The number of likely N-dealkylation sites (N-methyl/N-ethyl adjacent to an activating group) is 1. The number of piperazine rings is 1. The Hall–Kier alpha value is -2.77. The zero-order valence-corrected chi connectivity index (χ0v) is 23.2. The van der Waals surface area contributed by atoms with Crippen molar-refractivity contribution in [2.24, 2.45) is 5.92 Å². The first-order valence-electron chi connectivity index (χ1n) is 13.1. The first kappa shape index (κ1) is 28.8. The van der Waals surface area contributed by atoms with E-state index in [1.165, 1.54) is 11.8 Å². The second-order valence-corrected chi connectivity index (χ2v) is 10.2. The Morgan fingerprint density at radius 1 is 1.14 bits per heavy atom. The lowest BCUT2D eigenvalue weighted by atomic mass is 10.1. The third-order valence-electron chi connectivity index (χ3n) is 6.58. The molecule has 0 atom stereocenters. The highest BCUT2D eigenvalue weighted by molar-refractivity contribution is 6.32. The molecule has 9 nitrogen and oxygen atoms in total. The standard InChI is InChI=1S/C27H39ClN8O/c1-5-33(6-2)11-12-34-13-15-35(16-14-34)20-22-7-9-23(10-8-22)27(37)32-36(19-21(3)4)26-24(28)18-30-25(17-29)31-26/h7-10,18,21H,5-6,11-16,19-20H2,1-4H3,(H,32,37). The van der Waals surface area contributed by atoms with Crippen molar-refractivity contribution in [3.63, 3.8) is 0 Å². The Labute approximate surface area is 226 Å². The molecule has 1 saturated heterocycles. The topological polar surface area (TPSA) is 91.6 Å². The Bertz CT molecular complexity index is 1040. The molecule has 1 aromatic carbocycles.